The number of benzene rings is 2. The molecular weight excluding hydrogens is 358 g/mol. The SMILES string of the molecule is Cc1nn(CC(=O)N2CCC(C)Sc3ccccc32)c(=O)c2ccccc12. The molecule has 0 N–H and O–H groups in total. The summed E-state index contributed by atoms with van der Waals surface area (Å²) in [5.41, 5.74) is 1.44. The van der Waals surface area contributed by atoms with Crippen LogP contribution in [-0.2, 0) is 11.3 Å². The third kappa shape index (κ3) is 3.37. The summed E-state index contributed by atoms with van der Waals surface area (Å²) in [7, 11) is 0. The smallest absolute Gasteiger partial charge is 0.275 e. The standard InChI is InChI=1S/C21H21N3O2S/c1-14-11-12-23(18-9-5-6-10-19(18)27-14)20(25)13-24-21(26)17-8-4-3-7-16(17)15(2)22-24/h3-10,14H,11-13H2,1-2H3. The van der Waals surface area contributed by atoms with Crippen LogP contribution in [0, 0.1) is 6.92 Å². The number of fused-ring (bicyclic) bond motifs is 2. The molecule has 0 spiro atoms. The van der Waals surface area contributed by atoms with E-state index < -0.39 is 0 Å². The van der Waals surface area contributed by atoms with Gasteiger partial charge in [-0.2, -0.15) is 5.10 Å². The second kappa shape index (κ2) is 7.19. The molecule has 1 atom stereocenters. The van der Waals surface area contributed by atoms with E-state index >= 15 is 0 Å². The molecule has 5 nitrogen and oxygen atoms in total. The van der Waals surface area contributed by atoms with Gasteiger partial charge in [-0.15, -0.1) is 11.8 Å². The van der Waals surface area contributed by atoms with Gasteiger partial charge >= 0.3 is 0 Å². The first-order valence-electron chi connectivity index (χ1n) is 9.07. The van der Waals surface area contributed by atoms with Crippen LogP contribution in [0.15, 0.2) is 58.2 Å². The number of anilines is 1. The first-order valence-corrected chi connectivity index (χ1v) is 9.95. The number of hydrogen-bond donors (Lipinski definition) is 0. The van der Waals surface area contributed by atoms with Crippen molar-refractivity contribution in [1.82, 2.24) is 9.78 Å². The number of aryl methyl sites for hydroxylation is 1. The summed E-state index contributed by atoms with van der Waals surface area (Å²) in [6, 6.07) is 15.3. The van der Waals surface area contributed by atoms with Crippen molar-refractivity contribution in [1.29, 1.82) is 0 Å². The molecule has 0 saturated carbocycles. The molecule has 0 radical (unpaired) electrons. The van der Waals surface area contributed by atoms with Crippen molar-refractivity contribution in [2.24, 2.45) is 0 Å². The fourth-order valence-electron chi connectivity index (χ4n) is 3.47. The number of hydrogen-bond acceptors (Lipinski definition) is 4. The van der Waals surface area contributed by atoms with Crippen LogP contribution in [0.5, 0.6) is 0 Å². The highest BCUT2D eigenvalue weighted by Crippen LogP contribution is 2.37. The van der Waals surface area contributed by atoms with Crippen LogP contribution in [0.2, 0.25) is 0 Å². The van der Waals surface area contributed by atoms with E-state index in [4.69, 9.17) is 0 Å². The van der Waals surface area contributed by atoms with E-state index in [-0.39, 0.29) is 18.0 Å². The lowest BCUT2D eigenvalue weighted by atomic mass is 10.1. The van der Waals surface area contributed by atoms with Crippen molar-refractivity contribution < 1.29 is 4.79 Å². The van der Waals surface area contributed by atoms with Gasteiger partial charge in [-0.05, 0) is 31.5 Å². The average Bonchev–Trinajstić information content (AvgIpc) is 2.84. The minimum Gasteiger partial charge on any atom is -0.310 e. The molecule has 138 valence electrons. The van der Waals surface area contributed by atoms with Gasteiger partial charge in [0.15, 0.2) is 0 Å². The van der Waals surface area contributed by atoms with Crippen molar-refractivity contribution in [2.75, 3.05) is 11.4 Å². The van der Waals surface area contributed by atoms with Crippen LogP contribution in [-0.4, -0.2) is 27.5 Å². The lowest BCUT2D eigenvalue weighted by molar-refractivity contribution is -0.119. The van der Waals surface area contributed by atoms with Crippen LogP contribution >= 0.6 is 11.8 Å². The Labute approximate surface area is 162 Å². The second-order valence-corrected chi connectivity index (χ2v) is 8.30. The van der Waals surface area contributed by atoms with Gasteiger partial charge in [-0.3, -0.25) is 9.59 Å². The van der Waals surface area contributed by atoms with E-state index in [0.29, 0.717) is 17.2 Å². The van der Waals surface area contributed by atoms with Gasteiger partial charge in [0, 0.05) is 22.1 Å². The molecule has 1 aliphatic rings. The number of aromatic nitrogens is 2. The summed E-state index contributed by atoms with van der Waals surface area (Å²) in [6.07, 6.45) is 0.907. The molecular formula is C21H21N3O2S. The summed E-state index contributed by atoms with van der Waals surface area (Å²) in [5.74, 6) is -0.110. The van der Waals surface area contributed by atoms with Gasteiger partial charge in [-0.25, -0.2) is 4.68 Å². The van der Waals surface area contributed by atoms with Crippen molar-refractivity contribution >= 4 is 34.1 Å². The van der Waals surface area contributed by atoms with Crippen LogP contribution in [0.4, 0.5) is 5.69 Å². The normalized spacial score (nSPS) is 16.8. The predicted molar refractivity (Wildman–Crippen MR) is 109 cm³/mol. The summed E-state index contributed by atoms with van der Waals surface area (Å²) < 4.78 is 1.30. The molecule has 0 fully saturated rings. The summed E-state index contributed by atoms with van der Waals surface area (Å²) >= 11 is 1.79. The highest BCUT2D eigenvalue weighted by Gasteiger charge is 2.25. The van der Waals surface area contributed by atoms with Gasteiger partial charge in [0.2, 0.25) is 5.91 Å². The maximum Gasteiger partial charge on any atom is 0.275 e. The molecule has 0 bridgehead atoms. The Morgan fingerprint density at radius 3 is 2.67 bits per heavy atom. The van der Waals surface area contributed by atoms with Crippen molar-refractivity contribution in [2.45, 2.75) is 37.0 Å². The highest BCUT2D eigenvalue weighted by atomic mass is 32.2. The zero-order valence-corrected chi connectivity index (χ0v) is 16.2. The predicted octanol–water partition coefficient (Wildman–Crippen LogP) is 3.62. The number of carbonyl (C=O) groups excluding carboxylic acids is 1. The summed E-state index contributed by atoms with van der Waals surface area (Å²) in [5, 5.41) is 6.24. The highest BCUT2D eigenvalue weighted by molar-refractivity contribution is 8.00. The van der Waals surface area contributed by atoms with E-state index in [1.54, 1.807) is 22.7 Å². The quantitative estimate of drug-likeness (QED) is 0.682. The molecule has 1 aromatic heterocycles. The topological polar surface area (TPSA) is 55.2 Å². The molecule has 27 heavy (non-hydrogen) atoms. The molecule has 0 saturated heterocycles. The Hall–Kier alpha value is -2.60. The van der Waals surface area contributed by atoms with E-state index in [0.717, 1.165) is 28.1 Å². The van der Waals surface area contributed by atoms with Crippen LogP contribution in [0.25, 0.3) is 10.8 Å². The Bertz CT molecular complexity index is 1080. The van der Waals surface area contributed by atoms with Gasteiger partial charge in [-0.1, -0.05) is 37.3 Å². The zero-order valence-electron chi connectivity index (χ0n) is 15.4. The molecule has 4 rings (SSSR count). The largest absolute Gasteiger partial charge is 0.310 e. The number of amides is 1. The maximum absolute atomic E-state index is 13.1. The van der Waals surface area contributed by atoms with E-state index in [1.807, 2.05) is 49.4 Å². The first-order chi connectivity index (χ1) is 13.0. The van der Waals surface area contributed by atoms with E-state index in [9.17, 15) is 9.59 Å². The minimum atomic E-state index is -0.226. The molecule has 1 unspecified atom stereocenters. The number of thioether (sulfide) groups is 1. The van der Waals surface area contributed by atoms with Gasteiger partial charge in [0.1, 0.15) is 6.54 Å². The number of para-hydroxylation sites is 1. The van der Waals surface area contributed by atoms with E-state index in [2.05, 4.69) is 12.0 Å². The van der Waals surface area contributed by atoms with E-state index in [1.165, 1.54) is 4.68 Å². The summed E-state index contributed by atoms with van der Waals surface area (Å²) in [4.78, 5) is 28.8. The van der Waals surface area contributed by atoms with Crippen molar-refractivity contribution in [3.8, 4) is 0 Å². The Kier molecular flexibility index (Phi) is 4.74. The Morgan fingerprint density at radius 2 is 1.85 bits per heavy atom. The fraction of sp³-hybridized carbons (Fsp3) is 0.286. The fourth-order valence-corrected chi connectivity index (χ4v) is 4.58. The van der Waals surface area contributed by atoms with Gasteiger partial charge < -0.3 is 4.90 Å². The van der Waals surface area contributed by atoms with Crippen LogP contribution in [0.1, 0.15) is 19.0 Å². The number of carbonyl (C=O) groups is 1. The molecule has 1 aliphatic heterocycles. The molecule has 6 heteroatoms. The Balaban J connectivity index is 1.70. The van der Waals surface area contributed by atoms with Gasteiger partial charge in [0.05, 0.1) is 16.8 Å². The zero-order chi connectivity index (χ0) is 19.0. The van der Waals surface area contributed by atoms with Crippen LogP contribution in [0.3, 0.4) is 0 Å². The van der Waals surface area contributed by atoms with Crippen molar-refractivity contribution in [3.63, 3.8) is 0 Å². The molecule has 3 aromatic rings. The third-order valence-electron chi connectivity index (χ3n) is 4.88. The molecule has 2 aromatic carbocycles. The van der Waals surface area contributed by atoms with Crippen LogP contribution < -0.4 is 10.5 Å². The first kappa shape index (κ1) is 17.8. The lowest BCUT2D eigenvalue weighted by Gasteiger charge is -2.22. The number of rotatable bonds is 2. The molecule has 0 aliphatic carbocycles. The molecule has 2 heterocycles. The Morgan fingerprint density at radius 1 is 1.15 bits per heavy atom. The van der Waals surface area contributed by atoms with Gasteiger partial charge in [0.25, 0.3) is 5.56 Å². The third-order valence-corrected chi connectivity index (χ3v) is 6.12. The second-order valence-electron chi connectivity index (χ2n) is 6.82. The lowest BCUT2D eigenvalue weighted by Crippen LogP contribution is -2.38. The van der Waals surface area contributed by atoms with Crippen molar-refractivity contribution in [3.05, 3.63) is 64.6 Å². The summed E-state index contributed by atoms with van der Waals surface area (Å²) in [6.45, 7) is 4.62. The maximum atomic E-state index is 13.1. The number of nitrogens with zero attached hydrogens (tertiary/aromatic N) is 3. The monoisotopic (exact) mass is 379 g/mol. The molecule has 1 amide bonds. The average molecular weight is 379 g/mol. The minimum absolute atomic E-state index is 0.0576.